The van der Waals surface area contributed by atoms with Gasteiger partial charge in [0.1, 0.15) is 0 Å². The molecule has 0 aromatic rings. The molecule has 372 valence electrons. The summed E-state index contributed by atoms with van der Waals surface area (Å²) >= 11 is 0. The van der Waals surface area contributed by atoms with Crippen molar-refractivity contribution in [3.05, 3.63) is 0 Å². The largest absolute Gasteiger partial charge is 0.469 e. The lowest BCUT2D eigenvalue weighted by Crippen LogP contribution is -1.88. The smallest absolute Gasteiger partial charge is 0.302 e. The molecule has 0 atom stereocenters. The normalized spacial score (nSPS) is 8.81. The van der Waals surface area contributed by atoms with Gasteiger partial charge in [0.05, 0.1) is 7.11 Å². The van der Waals surface area contributed by atoms with E-state index in [4.69, 9.17) is 0 Å². The molecule has 0 aromatic heterocycles. The Labute approximate surface area is 384 Å². The number of methoxy groups -OCH3 is 1. The summed E-state index contributed by atoms with van der Waals surface area (Å²) in [6.07, 6.45) is 49.8. The van der Waals surface area contributed by atoms with Gasteiger partial charge in [-0.3, -0.25) is 4.79 Å². The Morgan fingerprint density at radius 3 is 0.288 bits per heavy atom. The van der Waals surface area contributed by atoms with Gasteiger partial charge in [-0.25, -0.2) is 0 Å². The van der Waals surface area contributed by atoms with E-state index in [-0.39, 0.29) is 5.97 Å². The van der Waals surface area contributed by atoms with Crippen molar-refractivity contribution in [3.63, 3.8) is 0 Å². The maximum absolute atomic E-state index is 9.59. The average Bonchev–Trinajstić information content (AvgIpc) is 3.27. The number of unbranched alkanes of at least 4 members (excludes halogenated alkanes) is 27. The molecular weight excluding hydrogens is 717 g/mol. The average molecular weight is 850 g/mol. The van der Waals surface area contributed by atoms with E-state index in [1.165, 1.54) is 245 Å². The highest BCUT2D eigenvalue weighted by Crippen LogP contribution is 1.99. The van der Waals surface area contributed by atoms with E-state index in [9.17, 15) is 4.79 Å². The molecule has 0 aliphatic heterocycles. The fourth-order valence-corrected chi connectivity index (χ4v) is 4.50. The molecule has 0 N–H and O–H groups in total. The molecule has 0 rings (SSSR count). The van der Waals surface area contributed by atoms with E-state index in [0.717, 1.165) is 0 Å². The molecule has 0 amide bonds. The summed E-state index contributed by atoms with van der Waals surface area (Å²) < 4.78 is 4.11. The summed E-state index contributed by atoms with van der Waals surface area (Å²) in [6, 6.07) is 0. The first kappa shape index (κ1) is 82.2. The lowest BCUT2D eigenvalue weighted by atomic mass is 10.2. The quantitative estimate of drug-likeness (QED) is 0.0608. The van der Waals surface area contributed by atoms with Crippen LogP contribution in [0.25, 0.3) is 0 Å². The Balaban J connectivity index is -0.0000000565. The number of esters is 1. The summed E-state index contributed by atoms with van der Waals surface area (Å²) in [4.78, 5) is 9.59. The zero-order chi connectivity index (χ0) is 47.7. The van der Waals surface area contributed by atoms with Crippen molar-refractivity contribution in [2.45, 2.75) is 363 Å². The van der Waals surface area contributed by atoms with Crippen LogP contribution in [0.15, 0.2) is 0 Å². The second kappa shape index (κ2) is 118. The molecule has 59 heavy (non-hydrogen) atoms. The molecule has 0 fully saturated rings. The van der Waals surface area contributed by atoms with Gasteiger partial charge in [0.15, 0.2) is 0 Å². The Morgan fingerprint density at radius 1 is 0.220 bits per heavy atom. The highest BCUT2D eigenvalue weighted by atomic mass is 16.5. The molecular formula is C57H132O2. The molecule has 0 radical (unpaired) electrons. The molecule has 0 aromatic carbocycles. The highest BCUT2D eigenvalue weighted by Gasteiger charge is 1.80. The molecule has 0 spiro atoms. The van der Waals surface area contributed by atoms with E-state index < -0.39 is 0 Å². The molecule has 0 saturated heterocycles. The second-order valence-electron chi connectivity index (χ2n) is 16.1. The van der Waals surface area contributed by atoms with Gasteiger partial charge in [-0.15, -0.1) is 0 Å². The van der Waals surface area contributed by atoms with Crippen molar-refractivity contribution in [3.8, 4) is 0 Å². The number of rotatable bonds is 27. The molecule has 0 aliphatic rings. The number of hydrogen-bond donors (Lipinski definition) is 0. The third kappa shape index (κ3) is 218. The highest BCUT2D eigenvalue weighted by molar-refractivity contribution is 5.65. The summed E-state index contributed by atoms with van der Waals surface area (Å²) in [5.41, 5.74) is 0. The van der Waals surface area contributed by atoms with Crippen molar-refractivity contribution >= 4 is 5.97 Å². The molecule has 0 bridgehead atoms. The van der Waals surface area contributed by atoms with E-state index >= 15 is 0 Å². The van der Waals surface area contributed by atoms with Crippen LogP contribution in [0, 0.1) is 0 Å². The van der Waals surface area contributed by atoms with Gasteiger partial charge in [0.2, 0.25) is 0 Å². The number of carbonyl (C=O) groups excluding carboxylic acids is 1. The monoisotopic (exact) mass is 849 g/mol. The Bertz CT molecular complexity index is 325. The first-order valence-corrected chi connectivity index (χ1v) is 27.5. The Kier molecular flexibility index (Phi) is 164. The van der Waals surface area contributed by atoms with Crippen molar-refractivity contribution in [1.82, 2.24) is 0 Å². The first-order chi connectivity index (χ1) is 28.5. The minimum absolute atomic E-state index is 0.245. The molecule has 0 unspecified atom stereocenters. The topological polar surface area (TPSA) is 26.3 Å². The minimum Gasteiger partial charge on any atom is -0.469 e. The van der Waals surface area contributed by atoms with E-state index in [0.29, 0.717) is 0 Å². The van der Waals surface area contributed by atoms with Crippen molar-refractivity contribution in [1.29, 1.82) is 0 Å². The molecule has 2 nitrogen and oxygen atoms in total. The van der Waals surface area contributed by atoms with Crippen LogP contribution in [-0.2, 0) is 9.53 Å². The van der Waals surface area contributed by atoms with Gasteiger partial charge in [0, 0.05) is 6.92 Å². The Hall–Kier alpha value is -0.530. The van der Waals surface area contributed by atoms with Crippen molar-refractivity contribution in [2.24, 2.45) is 0 Å². The number of ether oxygens (including phenoxy) is 1. The summed E-state index contributed by atoms with van der Waals surface area (Å²) in [5, 5.41) is 0. The number of carbonyl (C=O) groups is 1. The fraction of sp³-hybridized carbons (Fsp3) is 0.982. The lowest BCUT2D eigenvalue weighted by molar-refractivity contribution is -0.137. The van der Waals surface area contributed by atoms with Gasteiger partial charge < -0.3 is 4.74 Å². The van der Waals surface area contributed by atoms with Crippen molar-refractivity contribution < 1.29 is 9.53 Å². The van der Waals surface area contributed by atoms with Crippen LogP contribution in [0.5, 0.6) is 0 Å². The second-order valence-corrected chi connectivity index (χ2v) is 16.1. The van der Waals surface area contributed by atoms with Crippen LogP contribution in [-0.4, -0.2) is 13.1 Å². The minimum atomic E-state index is -0.245. The van der Waals surface area contributed by atoms with E-state index in [1.54, 1.807) is 0 Å². The molecule has 0 saturated carbocycles. The van der Waals surface area contributed by atoms with Crippen molar-refractivity contribution in [2.75, 3.05) is 7.11 Å². The van der Waals surface area contributed by atoms with E-state index in [1.807, 2.05) is 0 Å². The van der Waals surface area contributed by atoms with Gasteiger partial charge in [-0.05, 0) is 0 Å². The predicted molar refractivity (Wildman–Crippen MR) is 286 cm³/mol. The van der Waals surface area contributed by atoms with Crippen LogP contribution in [0.1, 0.15) is 363 Å². The van der Waals surface area contributed by atoms with Gasteiger partial charge >= 0.3 is 5.97 Å². The van der Waals surface area contributed by atoms with E-state index in [2.05, 4.69) is 129 Å². The summed E-state index contributed by atoms with van der Waals surface area (Å²) in [5.74, 6) is -0.245. The molecule has 0 heterocycles. The van der Waals surface area contributed by atoms with Gasteiger partial charge in [-0.1, -0.05) is 356 Å². The zero-order valence-electron chi connectivity index (χ0n) is 46.8. The summed E-state index contributed by atoms with van der Waals surface area (Å²) in [7, 11) is 1.35. The maximum Gasteiger partial charge on any atom is 0.302 e. The van der Waals surface area contributed by atoms with Crippen LogP contribution in [0.4, 0.5) is 0 Å². The number of hydrogen-bond acceptors (Lipinski definition) is 2. The zero-order valence-corrected chi connectivity index (χ0v) is 46.8. The van der Waals surface area contributed by atoms with Crippen LogP contribution >= 0.6 is 0 Å². The standard InChI is InChI=1S/9C6H14.C3H6O2/c9*1-3-5-6-4-2;1-3(4)5-2/h9*3-6H2,1-2H3;1-2H3. The third-order valence-corrected chi connectivity index (χ3v) is 8.90. The summed E-state index contributed by atoms with van der Waals surface area (Å²) in [6.45, 7) is 41.5. The molecule has 2 heteroatoms. The van der Waals surface area contributed by atoms with Crippen LogP contribution in [0.2, 0.25) is 0 Å². The maximum atomic E-state index is 9.59. The Morgan fingerprint density at radius 2 is 0.271 bits per heavy atom. The SMILES string of the molecule is CCCCCC.CCCCCC.CCCCCC.CCCCCC.CCCCCC.CCCCCC.CCCCCC.CCCCCC.CCCCCC.COC(C)=O. The van der Waals surface area contributed by atoms with Crippen LogP contribution in [0.3, 0.4) is 0 Å². The lowest BCUT2D eigenvalue weighted by Gasteiger charge is -1.86. The molecule has 0 aliphatic carbocycles. The fourth-order valence-electron chi connectivity index (χ4n) is 4.50. The van der Waals surface area contributed by atoms with Gasteiger partial charge in [-0.2, -0.15) is 0 Å². The first-order valence-electron chi connectivity index (χ1n) is 27.5. The predicted octanol–water partition coefficient (Wildman–Crippen LogP) is 23.5. The van der Waals surface area contributed by atoms with Gasteiger partial charge in [0.25, 0.3) is 0 Å². The third-order valence-electron chi connectivity index (χ3n) is 8.90. The van der Waals surface area contributed by atoms with Crippen LogP contribution < -0.4 is 0 Å².